The Labute approximate surface area is 93.1 Å². The Hall–Kier alpha value is -0.725. The lowest BCUT2D eigenvalue weighted by Gasteiger charge is -2.37. The number of amides is 1. The number of nitrogens with zero attached hydrogens (tertiary/aromatic N) is 1. The monoisotopic (exact) mass is 203 g/mol. The Kier molecular flexibility index (Phi) is 2.65. The van der Waals surface area contributed by atoms with Crippen LogP contribution in [-0.4, -0.2) is 31.2 Å². The van der Waals surface area contributed by atoms with Crippen molar-refractivity contribution in [3.05, 3.63) is 11.0 Å². The van der Waals surface area contributed by atoms with E-state index in [0.29, 0.717) is 17.9 Å². The summed E-state index contributed by atoms with van der Waals surface area (Å²) in [5, 5.41) is 0. The molecule has 2 aliphatic rings. The van der Waals surface area contributed by atoms with Crippen LogP contribution in [0.3, 0.4) is 0 Å². The van der Waals surface area contributed by atoms with Crippen LogP contribution in [0.25, 0.3) is 0 Å². The zero-order valence-electron chi connectivity index (χ0n) is 9.79. The lowest BCUT2D eigenvalue weighted by Crippen LogP contribution is -2.47. The molecule has 3 heteroatoms. The second-order valence-electron chi connectivity index (χ2n) is 5.14. The minimum absolute atomic E-state index is 0.189. The number of carbonyl (C=O) groups excluding carboxylic acids is 1. The van der Waals surface area contributed by atoms with Gasteiger partial charge in [-0.2, -0.15) is 0 Å². The molecule has 2 rings (SSSR count). The largest absolute Gasteiger partial charge is 0.335 e. The Morgan fingerprint density at radius 1 is 1.47 bits per heavy atom. The van der Waals surface area contributed by atoms with Crippen molar-refractivity contribution in [3.8, 4) is 0 Å². The van der Waals surface area contributed by atoms with Gasteiger partial charge in [-0.3, -0.25) is 4.79 Å². The normalized spacial score (nSPS) is 39.3. The minimum atomic E-state index is 0.189. The van der Waals surface area contributed by atoms with Crippen LogP contribution in [-0.2, 0) is 4.79 Å². The van der Waals surface area contributed by atoms with Gasteiger partial charge in [-0.15, -0.1) is 5.47 Å². The third-order valence-corrected chi connectivity index (χ3v) is 3.86. The van der Waals surface area contributed by atoms with Crippen LogP contribution in [0.4, 0.5) is 0 Å². The molecule has 2 heterocycles. The van der Waals surface area contributed by atoms with Gasteiger partial charge < -0.3 is 4.90 Å². The Morgan fingerprint density at radius 3 is 2.73 bits per heavy atom. The summed E-state index contributed by atoms with van der Waals surface area (Å²) in [6.07, 6.45) is 2.01. The van der Waals surface area contributed by atoms with E-state index in [9.17, 15) is 4.79 Å². The van der Waals surface area contributed by atoms with Crippen molar-refractivity contribution in [2.24, 2.45) is 11.8 Å². The van der Waals surface area contributed by atoms with Gasteiger partial charge in [0.2, 0.25) is 5.91 Å². The molecule has 0 aliphatic carbocycles. The van der Waals surface area contributed by atoms with E-state index in [1.165, 1.54) is 5.57 Å². The molecule has 2 radical (unpaired) electrons. The number of piperidine rings is 1. The molecular formula is C12H18BNO. The maximum absolute atomic E-state index is 12.0. The molecule has 15 heavy (non-hydrogen) atoms. The molecule has 2 fully saturated rings. The molecule has 0 spiro atoms. The molecule has 80 valence electrons. The van der Waals surface area contributed by atoms with Crippen molar-refractivity contribution in [1.29, 1.82) is 0 Å². The summed E-state index contributed by atoms with van der Waals surface area (Å²) in [4.78, 5) is 14.0. The zero-order valence-corrected chi connectivity index (χ0v) is 9.79. The van der Waals surface area contributed by atoms with Crippen molar-refractivity contribution >= 4 is 13.8 Å². The predicted octanol–water partition coefficient (Wildman–Crippen LogP) is 1.71. The second kappa shape index (κ2) is 3.69. The van der Waals surface area contributed by atoms with Crippen LogP contribution in [0, 0.1) is 11.8 Å². The molecule has 0 aromatic heterocycles. The maximum Gasteiger partial charge on any atom is 0.225 e. The van der Waals surface area contributed by atoms with Gasteiger partial charge in [0.15, 0.2) is 0 Å². The van der Waals surface area contributed by atoms with Crippen LogP contribution in [0.2, 0.25) is 0 Å². The predicted molar refractivity (Wildman–Crippen MR) is 61.5 cm³/mol. The van der Waals surface area contributed by atoms with Gasteiger partial charge in [-0.05, 0) is 18.8 Å². The van der Waals surface area contributed by atoms with Crippen LogP contribution in [0.15, 0.2) is 11.0 Å². The summed E-state index contributed by atoms with van der Waals surface area (Å²) < 4.78 is 0. The number of fused-ring (bicyclic) bond motifs is 1. The van der Waals surface area contributed by atoms with E-state index in [1.54, 1.807) is 0 Å². The maximum atomic E-state index is 12.0. The van der Waals surface area contributed by atoms with Crippen molar-refractivity contribution in [3.63, 3.8) is 0 Å². The number of hydrogen-bond donors (Lipinski definition) is 0. The quantitative estimate of drug-likeness (QED) is 0.549. The van der Waals surface area contributed by atoms with Crippen LogP contribution in [0.5, 0.6) is 0 Å². The molecule has 3 atom stereocenters. The number of allylic oxidation sites excluding steroid dienone is 1. The molecule has 0 bridgehead atoms. The standard InChI is InChI=1S/C12H18BNO/c1-7-4-8(2)12(15)14-6-10(9(3)13)5-11(7)14/h7-8,11H,4-6H2,1-3H3/b10-9+. The van der Waals surface area contributed by atoms with Crippen LogP contribution in [0.1, 0.15) is 33.6 Å². The van der Waals surface area contributed by atoms with E-state index in [-0.39, 0.29) is 5.92 Å². The molecule has 2 aliphatic heterocycles. The summed E-state index contributed by atoms with van der Waals surface area (Å²) in [6.45, 7) is 6.98. The first kappa shape index (κ1) is 10.8. The first-order chi connectivity index (χ1) is 7.00. The fourth-order valence-corrected chi connectivity index (χ4v) is 2.88. The second-order valence-corrected chi connectivity index (χ2v) is 5.14. The highest BCUT2D eigenvalue weighted by Crippen LogP contribution is 2.37. The first-order valence-corrected chi connectivity index (χ1v) is 5.75. The van der Waals surface area contributed by atoms with Crippen molar-refractivity contribution in [2.45, 2.75) is 39.7 Å². The van der Waals surface area contributed by atoms with Crippen molar-refractivity contribution in [1.82, 2.24) is 4.90 Å². The molecule has 1 amide bonds. The van der Waals surface area contributed by atoms with Gasteiger partial charge in [-0.25, -0.2) is 0 Å². The summed E-state index contributed by atoms with van der Waals surface area (Å²) in [6, 6.07) is 0.405. The van der Waals surface area contributed by atoms with Gasteiger partial charge in [0, 0.05) is 18.5 Å². The molecular weight excluding hydrogens is 185 g/mol. The summed E-state index contributed by atoms with van der Waals surface area (Å²) in [7, 11) is 5.82. The highest BCUT2D eigenvalue weighted by Gasteiger charge is 2.41. The third kappa shape index (κ3) is 1.73. The van der Waals surface area contributed by atoms with Crippen molar-refractivity contribution in [2.75, 3.05) is 6.54 Å². The van der Waals surface area contributed by atoms with E-state index in [0.717, 1.165) is 24.9 Å². The van der Waals surface area contributed by atoms with Gasteiger partial charge >= 0.3 is 0 Å². The zero-order chi connectivity index (χ0) is 11.2. The Morgan fingerprint density at radius 2 is 2.13 bits per heavy atom. The molecule has 2 nitrogen and oxygen atoms in total. The van der Waals surface area contributed by atoms with E-state index in [1.807, 2.05) is 18.7 Å². The molecule has 3 unspecified atom stereocenters. The Bertz CT molecular complexity index is 320. The number of hydrogen-bond acceptors (Lipinski definition) is 1. The summed E-state index contributed by atoms with van der Waals surface area (Å²) in [5.74, 6) is 1.11. The van der Waals surface area contributed by atoms with E-state index in [4.69, 9.17) is 7.85 Å². The first-order valence-electron chi connectivity index (χ1n) is 5.75. The van der Waals surface area contributed by atoms with Gasteiger partial charge in [-0.1, -0.05) is 26.3 Å². The fourth-order valence-electron chi connectivity index (χ4n) is 2.88. The van der Waals surface area contributed by atoms with Crippen molar-refractivity contribution < 1.29 is 4.79 Å². The van der Waals surface area contributed by atoms with Crippen LogP contribution < -0.4 is 0 Å². The van der Waals surface area contributed by atoms with Gasteiger partial charge in [0.1, 0.15) is 7.85 Å². The topological polar surface area (TPSA) is 20.3 Å². The Balaban J connectivity index is 2.25. The summed E-state index contributed by atoms with van der Waals surface area (Å²) >= 11 is 0. The SMILES string of the molecule is [B]/C(C)=C1\CC2C(C)CC(C)C(=O)N2C1. The van der Waals surface area contributed by atoms with E-state index >= 15 is 0 Å². The summed E-state index contributed by atoms with van der Waals surface area (Å²) in [5.41, 5.74) is 2.16. The molecule has 0 aromatic carbocycles. The molecule has 0 aromatic rings. The highest BCUT2D eigenvalue weighted by atomic mass is 16.2. The molecule has 0 saturated carbocycles. The lowest BCUT2D eigenvalue weighted by molar-refractivity contribution is -0.141. The lowest BCUT2D eigenvalue weighted by atomic mass is 9.83. The average molecular weight is 203 g/mol. The minimum Gasteiger partial charge on any atom is -0.335 e. The fraction of sp³-hybridized carbons (Fsp3) is 0.750. The molecule has 0 N–H and O–H groups in total. The van der Waals surface area contributed by atoms with Gasteiger partial charge in [0.25, 0.3) is 0 Å². The molecule has 2 saturated heterocycles. The van der Waals surface area contributed by atoms with E-state index in [2.05, 4.69) is 6.92 Å². The smallest absolute Gasteiger partial charge is 0.225 e. The van der Waals surface area contributed by atoms with E-state index < -0.39 is 0 Å². The average Bonchev–Trinajstić information content (AvgIpc) is 2.59. The third-order valence-electron chi connectivity index (χ3n) is 3.86. The van der Waals surface area contributed by atoms with Gasteiger partial charge in [0.05, 0.1) is 0 Å². The highest BCUT2D eigenvalue weighted by molar-refractivity contribution is 6.21. The van der Waals surface area contributed by atoms with Crippen LogP contribution >= 0.6 is 0 Å². The number of carbonyl (C=O) groups is 1. The number of rotatable bonds is 0.